The highest BCUT2D eigenvalue weighted by Crippen LogP contribution is 2.16. The fourth-order valence-corrected chi connectivity index (χ4v) is 2.54. The molecule has 1 saturated heterocycles. The largest absolute Gasteiger partial charge is 0.354 e. The number of nitrogens with zero attached hydrogens (tertiary/aromatic N) is 3. The van der Waals surface area contributed by atoms with Crippen LogP contribution in [0.2, 0.25) is 5.15 Å². The molecule has 0 bridgehead atoms. The summed E-state index contributed by atoms with van der Waals surface area (Å²) in [5, 5.41) is 4.03. The lowest BCUT2D eigenvalue weighted by Crippen LogP contribution is -2.44. The van der Waals surface area contributed by atoms with Crippen LogP contribution in [0.25, 0.3) is 0 Å². The molecule has 1 N–H and O–H groups in total. The van der Waals surface area contributed by atoms with E-state index in [0.717, 1.165) is 31.9 Å². The van der Waals surface area contributed by atoms with Gasteiger partial charge in [-0.2, -0.15) is 0 Å². The van der Waals surface area contributed by atoms with Crippen molar-refractivity contribution in [1.82, 2.24) is 15.3 Å². The van der Waals surface area contributed by atoms with Crippen molar-refractivity contribution in [3.8, 4) is 0 Å². The summed E-state index contributed by atoms with van der Waals surface area (Å²) in [6.45, 7) is 5.29. The van der Waals surface area contributed by atoms with Gasteiger partial charge >= 0.3 is 0 Å². The summed E-state index contributed by atoms with van der Waals surface area (Å²) in [4.78, 5) is 10.8. The quantitative estimate of drug-likeness (QED) is 0.891. The summed E-state index contributed by atoms with van der Waals surface area (Å²) in [5.74, 6) is 0.886. The first-order chi connectivity index (χ1) is 8.79. The van der Waals surface area contributed by atoms with Gasteiger partial charge in [0.25, 0.3) is 0 Å². The van der Waals surface area contributed by atoms with Crippen molar-refractivity contribution in [2.45, 2.75) is 38.6 Å². The minimum Gasteiger partial charge on any atom is -0.354 e. The van der Waals surface area contributed by atoms with E-state index < -0.39 is 0 Å². The topological polar surface area (TPSA) is 41.0 Å². The molecule has 1 unspecified atom stereocenters. The Bertz CT molecular complexity index is 366. The number of nitrogens with one attached hydrogen (secondary N) is 1. The zero-order chi connectivity index (χ0) is 12.8. The van der Waals surface area contributed by atoms with Gasteiger partial charge in [-0.25, -0.2) is 4.98 Å². The Labute approximate surface area is 114 Å². The van der Waals surface area contributed by atoms with Crippen molar-refractivity contribution < 1.29 is 0 Å². The smallest absolute Gasteiger partial charge is 0.149 e. The molecule has 1 aliphatic rings. The number of hydrogen-bond donors (Lipinski definition) is 1. The van der Waals surface area contributed by atoms with Gasteiger partial charge in [-0.1, -0.05) is 24.9 Å². The first kappa shape index (κ1) is 13.6. The molecule has 2 heterocycles. The van der Waals surface area contributed by atoms with Crippen molar-refractivity contribution in [1.29, 1.82) is 0 Å². The summed E-state index contributed by atoms with van der Waals surface area (Å²) in [6.07, 6.45) is 8.33. The van der Waals surface area contributed by atoms with Gasteiger partial charge < -0.3 is 10.2 Å². The molecule has 0 spiro atoms. The van der Waals surface area contributed by atoms with E-state index in [-0.39, 0.29) is 0 Å². The molecule has 0 amide bonds. The summed E-state index contributed by atoms with van der Waals surface area (Å²) < 4.78 is 0. The van der Waals surface area contributed by atoms with E-state index in [1.807, 2.05) is 0 Å². The van der Waals surface area contributed by atoms with Gasteiger partial charge in [-0.3, -0.25) is 4.98 Å². The van der Waals surface area contributed by atoms with Crippen LogP contribution in [0.4, 0.5) is 5.82 Å². The average Bonchev–Trinajstić information content (AvgIpc) is 2.39. The second-order valence-electron chi connectivity index (χ2n) is 4.79. The van der Waals surface area contributed by atoms with Crippen LogP contribution >= 0.6 is 11.6 Å². The first-order valence-electron chi connectivity index (χ1n) is 6.75. The Hall–Kier alpha value is -0.870. The Balaban J connectivity index is 2.02. The molecule has 4 nitrogen and oxygen atoms in total. The summed E-state index contributed by atoms with van der Waals surface area (Å²) in [7, 11) is 0. The molecular weight excluding hydrogens is 248 g/mol. The summed E-state index contributed by atoms with van der Waals surface area (Å²) in [5.41, 5.74) is 0. The van der Waals surface area contributed by atoms with E-state index in [0.29, 0.717) is 11.2 Å². The van der Waals surface area contributed by atoms with E-state index in [2.05, 4.69) is 27.1 Å². The fraction of sp³-hybridized carbons (Fsp3) is 0.692. The van der Waals surface area contributed by atoms with Crippen LogP contribution in [-0.2, 0) is 0 Å². The highest BCUT2D eigenvalue weighted by atomic mass is 35.5. The van der Waals surface area contributed by atoms with Gasteiger partial charge in [0.2, 0.25) is 0 Å². The number of halogens is 1. The number of rotatable bonds is 5. The van der Waals surface area contributed by atoms with Crippen LogP contribution in [0.1, 0.15) is 32.6 Å². The summed E-state index contributed by atoms with van der Waals surface area (Å²) >= 11 is 5.92. The molecule has 0 radical (unpaired) electrons. The zero-order valence-electron chi connectivity index (χ0n) is 10.9. The van der Waals surface area contributed by atoms with E-state index in [1.165, 1.54) is 19.3 Å². The van der Waals surface area contributed by atoms with Crippen molar-refractivity contribution in [3.63, 3.8) is 0 Å². The molecule has 0 saturated carbocycles. The molecule has 1 atom stereocenters. The minimum atomic E-state index is 0.463. The number of aromatic nitrogens is 2. The molecular formula is C13H21ClN4. The maximum Gasteiger partial charge on any atom is 0.149 e. The molecule has 1 fully saturated rings. The van der Waals surface area contributed by atoms with Crippen molar-refractivity contribution in [3.05, 3.63) is 17.5 Å². The number of hydrogen-bond acceptors (Lipinski definition) is 4. The first-order valence-corrected chi connectivity index (χ1v) is 7.13. The van der Waals surface area contributed by atoms with Gasteiger partial charge in [0.1, 0.15) is 11.0 Å². The van der Waals surface area contributed by atoms with E-state index >= 15 is 0 Å². The standard InChI is InChI=1S/C13H21ClN4/c1-2-7-18(10-11-5-3-4-6-16-11)13-9-15-8-12(14)17-13/h8-9,11,16H,2-7,10H2,1H3. The number of piperidine rings is 1. The predicted molar refractivity (Wildman–Crippen MR) is 75.2 cm³/mol. The lowest BCUT2D eigenvalue weighted by molar-refractivity contribution is 0.398. The lowest BCUT2D eigenvalue weighted by Gasteiger charge is -2.31. The third-order valence-electron chi connectivity index (χ3n) is 3.26. The molecule has 0 aliphatic carbocycles. The second kappa shape index (κ2) is 6.90. The highest BCUT2D eigenvalue weighted by Gasteiger charge is 2.17. The minimum absolute atomic E-state index is 0.463. The highest BCUT2D eigenvalue weighted by molar-refractivity contribution is 6.29. The van der Waals surface area contributed by atoms with E-state index in [1.54, 1.807) is 12.4 Å². The van der Waals surface area contributed by atoms with Crippen LogP contribution in [0.3, 0.4) is 0 Å². The second-order valence-corrected chi connectivity index (χ2v) is 5.18. The Morgan fingerprint density at radius 3 is 3.00 bits per heavy atom. The van der Waals surface area contributed by atoms with Gasteiger partial charge in [-0.15, -0.1) is 0 Å². The maximum absolute atomic E-state index is 5.92. The molecule has 1 aromatic rings. The van der Waals surface area contributed by atoms with Crippen molar-refractivity contribution in [2.24, 2.45) is 0 Å². The third kappa shape index (κ3) is 3.82. The van der Waals surface area contributed by atoms with E-state index in [9.17, 15) is 0 Å². The van der Waals surface area contributed by atoms with Crippen LogP contribution in [0.5, 0.6) is 0 Å². The van der Waals surface area contributed by atoms with Crippen LogP contribution < -0.4 is 10.2 Å². The van der Waals surface area contributed by atoms with Gasteiger partial charge in [0, 0.05) is 19.1 Å². The Morgan fingerprint density at radius 2 is 2.33 bits per heavy atom. The normalized spacial score (nSPS) is 19.8. The molecule has 2 rings (SSSR count). The third-order valence-corrected chi connectivity index (χ3v) is 3.45. The van der Waals surface area contributed by atoms with Gasteiger partial charge in [0.05, 0.1) is 12.4 Å². The van der Waals surface area contributed by atoms with Crippen molar-refractivity contribution >= 4 is 17.4 Å². The van der Waals surface area contributed by atoms with Crippen LogP contribution in [0, 0.1) is 0 Å². The monoisotopic (exact) mass is 268 g/mol. The molecule has 0 aromatic carbocycles. The van der Waals surface area contributed by atoms with Gasteiger partial charge in [0.15, 0.2) is 0 Å². The Morgan fingerprint density at radius 1 is 1.44 bits per heavy atom. The summed E-state index contributed by atoms with van der Waals surface area (Å²) in [6, 6.07) is 0.561. The Kier molecular flexibility index (Phi) is 5.20. The number of anilines is 1. The molecule has 1 aromatic heterocycles. The zero-order valence-corrected chi connectivity index (χ0v) is 11.7. The average molecular weight is 269 g/mol. The molecule has 1 aliphatic heterocycles. The van der Waals surface area contributed by atoms with Crippen LogP contribution in [-0.4, -0.2) is 35.6 Å². The maximum atomic E-state index is 5.92. The molecule has 100 valence electrons. The predicted octanol–water partition coefficient (Wildman–Crippen LogP) is 2.49. The SMILES string of the molecule is CCCN(CC1CCCCN1)c1cncc(Cl)n1. The van der Waals surface area contributed by atoms with Crippen molar-refractivity contribution in [2.75, 3.05) is 24.5 Å². The van der Waals surface area contributed by atoms with Gasteiger partial charge in [-0.05, 0) is 25.8 Å². The fourth-order valence-electron chi connectivity index (χ4n) is 2.40. The van der Waals surface area contributed by atoms with E-state index in [4.69, 9.17) is 11.6 Å². The molecule has 5 heteroatoms. The van der Waals surface area contributed by atoms with Crippen LogP contribution in [0.15, 0.2) is 12.4 Å². The lowest BCUT2D eigenvalue weighted by atomic mass is 10.0. The molecule has 18 heavy (non-hydrogen) atoms.